The van der Waals surface area contributed by atoms with Crippen molar-refractivity contribution in [3.05, 3.63) is 12.7 Å². The first-order valence-electron chi connectivity index (χ1n) is 1.72. The molecule has 2 radical (unpaired) electrons. The molecule has 38 valence electrons. The van der Waals surface area contributed by atoms with Crippen molar-refractivity contribution in [1.29, 1.82) is 0 Å². The lowest BCUT2D eigenvalue weighted by Crippen LogP contribution is -2.02. The normalized spacial score (nSPS) is 7.43. The Labute approximate surface area is 41.9 Å². The van der Waals surface area contributed by atoms with Gasteiger partial charge in [0.15, 0.2) is 0 Å². The highest BCUT2D eigenvalue weighted by Crippen LogP contribution is 1.60. The average molecular weight is 99.1 g/mol. The molecule has 0 aliphatic carbocycles. The van der Waals surface area contributed by atoms with Crippen LogP contribution in [0, 0.1) is 0 Å². The summed E-state index contributed by atoms with van der Waals surface area (Å²) in [5.74, 6) is 0. The lowest BCUT2D eigenvalue weighted by molar-refractivity contribution is 0.171. The molecule has 3 nitrogen and oxygen atoms in total. The first-order valence-corrected chi connectivity index (χ1v) is 1.72. The van der Waals surface area contributed by atoms with Gasteiger partial charge in [-0.2, -0.15) is 0 Å². The monoisotopic (exact) mass is 99.0 g/mol. The number of hydrogen-bond donors (Lipinski definition) is 0. The molecule has 0 unspecified atom stereocenters. The van der Waals surface area contributed by atoms with Crippen LogP contribution in [0.5, 0.6) is 0 Å². The molecule has 0 amide bonds. The van der Waals surface area contributed by atoms with Crippen LogP contribution in [0.15, 0.2) is 12.7 Å². The summed E-state index contributed by atoms with van der Waals surface area (Å²) in [4.78, 5) is 13.0. The Balaban J connectivity index is 2.68. The number of hydrogen-bond acceptors (Lipinski definition) is 2. The summed E-state index contributed by atoms with van der Waals surface area (Å²) in [5, 5.41) is 0. The van der Waals surface area contributed by atoms with E-state index in [9.17, 15) is 4.79 Å². The van der Waals surface area contributed by atoms with Gasteiger partial charge in [-0.1, -0.05) is 6.08 Å². The van der Waals surface area contributed by atoms with Crippen molar-refractivity contribution in [1.82, 2.24) is 5.48 Å². The van der Waals surface area contributed by atoms with Gasteiger partial charge in [0.1, 0.15) is 0 Å². The van der Waals surface area contributed by atoms with Crippen LogP contribution in [0.2, 0.25) is 0 Å². The Morgan fingerprint density at radius 3 is 3.14 bits per heavy atom. The molecule has 0 atom stereocenters. The van der Waals surface area contributed by atoms with Gasteiger partial charge in [0.25, 0.3) is 0 Å². The minimum absolute atomic E-state index is 0.329. The highest BCUT2D eigenvalue weighted by atomic mass is 16.7. The van der Waals surface area contributed by atoms with E-state index in [-0.39, 0.29) is 0 Å². The standard InChI is InChI=1S/C4H5NO2/c1-2-3-5-7-4-6/h2H,1,3H2. The molecule has 3 heteroatoms. The summed E-state index contributed by atoms with van der Waals surface area (Å²) in [6, 6.07) is 0. The molecule has 0 aromatic rings. The van der Waals surface area contributed by atoms with Crippen LogP contribution in [0.3, 0.4) is 0 Å². The zero-order chi connectivity index (χ0) is 5.54. The first kappa shape index (κ1) is 6.17. The van der Waals surface area contributed by atoms with E-state index >= 15 is 0 Å². The fraction of sp³-hybridized carbons (Fsp3) is 0.250. The molecule has 0 spiro atoms. The van der Waals surface area contributed by atoms with E-state index < -0.39 is 0 Å². The topological polar surface area (TPSA) is 40.4 Å². The SMILES string of the molecule is C=CC[N]O[C]=O. The molecule has 7 heavy (non-hydrogen) atoms. The minimum Gasteiger partial charge on any atom is -0.340 e. The number of nitrogens with zero attached hydrogens (tertiary/aromatic N) is 1. The van der Waals surface area contributed by atoms with Crippen LogP contribution in [-0.2, 0) is 9.63 Å². The first-order chi connectivity index (χ1) is 3.41. The third-order valence-electron chi connectivity index (χ3n) is 0.305. The van der Waals surface area contributed by atoms with Gasteiger partial charge in [0.2, 0.25) is 0 Å². The van der Waals surface area contributed by atoms with Gasteiger partial charge in [-0.3, -0.25) is 0 Å². The number of rotatable bonds is 4. The van der Waals surface area contributed by atoms with Crippen molar-refractivity contribution in [3.8, 4) is 0 Å². The van der Waals surface area contributed by atoms with E-state index in [4.69, 9.17) is 0 Å². The van der Waals surface area contributed by atoms with Crippen molar-refractivity contribution < 1.29 is 9.63 Å². The van der Waals surface area contributed by atoms with Crippen molar-refractivity contribution >= 4 is 6.47 Å². The molecule has 0 aliphatic rings. The third-order valence-corrected chi connectivity index (χ3v) is 0.305. The third kappa shape index (κ3) is 5.17. The quantitative estimate of drug-likeness (QED) is 0.277. The predicted molar refractivity (Wildman–Crippen MR) is 24.0 cm³/mol. The molecule has 0 saturated heterocycles. The van der Waals surface area contributed by atoms with Gasteiger partial charge in [-0.15, -0.1) is 6.58 Å². The lowest BCUT2D eigenvalue weighted by Gasteiger charge is -1.84. The summed E-state index contributed by atoms with van der Waals surface area (Å²) < 4.78 is 0. The molecule has 0 bridgehead atoms. The Bertz CT molecular complexity index is 54.7. The van der Waals surface area contributed by atoms with Crippen molar-refractivity contribution in [2.75, 3.05) is 6.54 Å². The van der Waals surface area contributed by atoms with E-state index in [2.05, 4.69) is 16.9 Å². The molecule has 0 saturated carbocycles. The second-order valence-electron chi connectivity index (χ2n) is 0.775. The van der Waals surface area contributed by atoms with Crippen LogP contribution in [0.1, 0.15) is 0 Å². The number of hydroxylamine groups is 1. The van der Waals surface area contributed by atoms with E-state index in [0.29, 0.717) is 6.54 Å². The second kappa shape index (κ2) is 5.17. The second-order valence-corrected chi connectivity index (χ2v) is 0.775. The zero-order valence-corrected chi connectivity index (χ0v) is 3.76. The molecule has 0 fully saturated rings. The molecular weight excluding hydrogens is 94.0 g/mol. The van der Waals surface area contributed by atoms with Gasteiger partial charge >= 0.3 is 6.47 Å². The highest BCUT2D eigenvalue weighted by molar-refractivity contribution is 5.37. The molecule has 0 aromatic heterocycles. The minimum atomic E-state index is 0.329. The van der Waals surface area contributed by atoms with E-state index in [1.54, 1.807) is 0 Å². The van der Waals surface area contributed by atoms with Crippen molar-refractivity contribution in [3.63, 3.8) is 0 Å². The van der Waals surface area contributed by atoms with E-state index in [1.807, 2.05) is 0 Å². The van der Waals surface area contributed by atoms with Gasteiger partial charge in [0.05, 0.1) is 6.54 Å². The maximum Gasteiger partial charge on any atom is 0.439 e. The Morgan fingerprint density at radius 1 is 2.00 bits per heavy atom. The molecule has 0 aliphatic heterocycles. The van der Waals surface area contributed by atoms with Gasteiger partial charge in [-0.25, -0.2) is 4.79 Å². The highest BCUT2D eigenvalue weighted by Gasteiger charge is 1.77. The van der Waals surface area contributed by atoms with Crippen molar-refractivity contribution in [2.24, 2.45) is 0 Å². The van der Waals surface area contributed by atoms with Crippen LogP contribution in [-0.4, -0.2) is 13.0 Å². The van der Waals surface area contributed by atoms with Gasteiger partial charge in [-0.05, 0) is 5.48 Å². The summed E-state index contributed by atoms with van der Waals surface area (Å²) >= 11 is 0. The predicted octanol–water partition coefficient (Wildman–Crippen LogP) is -0.224. The smallest absolute Gasteiger partial charge is 0.340 e. The maximum atomic E-state index is 9.20. The molecule has 0 aromatic carbocycles. The maximum absolute atomic E-state index is 9.20. The van der Waals surface area contributed by atoms with Gasteiger partial charge in [0, 0.05) is 0 Å². The molecule has 0 rings (SSSR count). The van der Waals surface area contributed by atoms with E-state index in [0.717, 1.165) is 6.47 Å². The molecule has 0 heterocycles. The molecule has 0 N–H and O–H groups in total. The van der Waals surface area contributed by atoms with Crippen LogP contribution in [0.4, 0.5) is 0 Å². The van der Waals surface area contributed by atoms with Gasteiger partial charge < -0.3 is 4.84 Å². The largest absolute Gasteiger partial charge is 0.439 e. The van der Waals surface area contributed by atoms with Crippen LogP contribution < -0.4 is 5.48 Å². The summed E-state index contributed by atoms with van der Waals surface area (Å²) in [7, 11) is 0. The van der Waals surface area contributed by atoms with Crippen LogP contribution in [0.25, 0.3) is 0 Å². The summed E-state index contributed by atoms with van der Waals surface area (Å²) in [5.41, 5.74) is 3.17. The average Bonchev–Trinajstić information content (AvgIpc) is 1.69. The fourth-order valence-electron chi connectivity index (χ4n) is 0.116. The molecular formula is C4H5NO2. The fourth-order valence-corrected chi connectivity index (χ4v) is 0.116. The Hall–Kier alpha value is -0.830. The zero-order valence-electron chi connectivity index (χ0n) is 3.76. The van der Waals surface area contributed by atoms with Crippen LogP contribution >= 0.6 is 0 Å². The Morgan fingerprint density at radius 2 is 2.71 bits per heavy atom. The summed E-state index contributed by atoms with van der Waals surface area (Å²) in [6.45, 7) is 4.80. The van der Waals surface area contributed by atoms with E-state index in [1.165, 1.54) is 6.08 Å². The number of carbonyl (C=O) groups excluding carboxylic acids is 1. The van der Waals surface area contributed by atoms with Crippen molar-refractivity contribution in [2.45, 2.75) is 0 Å². The lowest BCUT2D eigenvalue weighted by atomic mass is 10.7. The Kier molecular flexibility index (Phi) is 4.56. The summed E-state index contributed by atoms with van der Waals surface area (Å²) in [6.07, 6.45) is 1.51.